The lowest BCUT2D eigenvalue weighted by molar-refractivity contribution is -0.673. The van der Waals surface area contributed by atoms with Crippen molar-refractivity contribution < 1.29 is 30.2 Å². The molecule has 4 aromatic rings. The van der Waals surface area contributed by atoms with Crippen LogP contribution in [-0.2, 0) is 38.1 Å². The molecule has 224 valence electrons. The molecule has 1 aliphatic rings. The molecule has 0 saturated heterocycles. The van der Waals surface area contributed by atoms with Gasteiger partial charge in [-0.15, -0.1) is 0 Å². The maximum Gasteiger partial charge on any atom is 0.285 e. The molecule has 0 saturated carbocycles. The summed E-state index contributed by atoms with van der Waals surface area (Å²) in [6, 6.07) is 20.1. The minimum atomic E-state index is -4.12. The van der Waals surface area contributed by atoms with E-state index in [1.807, 2.05) is 68.7 Å². The zero-order valence-corrected chi connectivity index (χ0v) is 25.5. The number of nitrogens with one attached hydrogen (secondary N) is 1. The molecule has 0 bridgehead atoms. The van der Waals surface area contributed by atoms with Gasteiger partial charge in [-0.1, -0.05) is 37.3 Å². The van der Waals surface area contributed by atoms with Gasteiger partial charge in [-0.25, -0.2) is 9.13 Å². The first-order valence-corrected chi connectivity index (χ1v) is 17.0. The number of hydrogen-bond donors (Lipinski definition) is 2. The molecular weight excluding hydrogens is 578 g/mol. The number of aromatic nitrogens is 2. The summed E-state index contributed by atoms with van der Waals surface area (Å²) in [7, 11) is -3.90. The van der Waals surface area contributed by atoms with Crippen LogP contribution in [0.3, 0.4) is 0 Å². The third-order valence-electron chi connectivity index (χ3n) is 7.43. The number of fused-ring (bicyclic) bond motifs is 4. The van der Waals surface area contributed by atoms with Gasteiger partial charge in [-0.05, 0) is 42.1 Å². The number of benzene rings is 3. The Morgan fingerprint density at radius 1 is 0.929 bits per heavy atom. The molecular formula is C29H36N5O6S2+. The van der Waals surface area contributed by atoms with E-state index in [2.05, 4.69) is 36.5 Å². The van der Waals surface area contributed by atoms with Gasteiger partial charge in [0.15, 0.2) is 11.0 Å². The molecule has 2 N–H and O–H groups in total. The second-order valence-electron chi connectivity index (χ2n) is 10.3. The predicted molar refractivity (Wildman–Crippen MR) is 165 cm³/mol. The number of anilines is 2. The van der Waals surface area contributed by atoms with Gasteiger partial charge in [-0.3, -0.25) is 4.55 Å². The Balaban J connectivity index is 1.60. The summed E-state index contributed by atoms with van der Waals surface area (Å²) in [5, 5.41) is 2.10. The topological polar surface area (TPSA) is 125 Å². The van der Waals surface area contributed by atoms with Crippen molar-refractivity contribution in [2.24, 2.45) is 7.05 Å². The fraction of sp³-hybridized carbons (Fsp3) is 0.345. The molecule has 1 aromatic heterocycles. The molecule has 13 heteroatoms. The first kappa shape index (κ1) is 30.0. The molecule has 0 spiro atoms. The molecule has 0 atom stereocenters. The maximum atomic E-state index is 12.3. The van der Waals surface area contributed by atoms with E-state index in [1.165, 1.54) is 0 Å². The Labute approximate surface area is 246 Å². The van der Waals surface area contributed by atoms with Crippen molar-refractivity contribution in [3.05, 3.63) is 72.3 Å². The van der Waals surface area contributed by atoms with Crippen LogP contribution in [0.25, 0.3) is 27.9 Å². The number of nitrogens with zero attached hydrogens (tertiary/aromatic N) is 4. The Hall–Kier alpha value is -3.49. The van der Waals surface area contributed by atoms with Gasteiger partial charge in [0.1, 0.15) is 5.82 Å². The average molecular weight is 615 g/mol. The molecule has 1 aliphatic heterocycles. The molecule has 0 aliphatic carbocycles. The fourth-order valence-electron chi connectivity index (χ4n) is 5.54. The SMILES string of the molecule is CCNOS(=O)(=O)CCCN1C(=Cc2n(C)c3ccc4ccccc4c3[n+]2CCCS(=O)(=O)O)N(C)c2ccccc21. The monoisotopic (exact) mass is 614 g/mol. The van der Waals surface area contributed by atoms with Crippen molar-refractivity contribution in [1.82, 2.24) is 10.0 Å². The Bertz CT molecular complexity index is 1870. The van der Waals surface area contributed by atoms with Crippen LogP contribution in [0.5, 0.6) is 0 Å². The van der Waals surface area contributed by atoms with Crippen molar-refractivity contribution in [2.45, 2.75) is 26.3 Å². The smallest absolute Gasteiger partial charge is 0.285 e. The Morgan fingerprint density at radius 2 is 1.64 bits per heavy atom. The lowest BCUT2D eigenvalue weighted by Gasteiger charge is -2.22. The number of hydrogen-bond acceptors (Lipinski definition) is 8. The summed E-state index contributed by atoms with van der Waals surface area (Å²) in [6.45, 7) is 2.92. The number of para-hydroxylation sites is 2. The van der Waals surface area contributed by atoms with E-state index in [1.54, 1.807) is 6.92 Å². The summed E-state index contributed by atoms with van der Waals surface area (Å²) in [6.07, 6.45) is 2.61. The highest BCUT2D eigenvalue weighted by Gasteiger charge is 2.32. The quantitative estimate of drug-likeness (QED) is 0.140. The first-order chi connectivity index (χ1) is 20.0. The van der Waals surface area contributed by atoms with E-state index >= 15 is 0 Å². The minimum Gasteiger partial charge on any atom is -0.329 e. The van der Waals surface area contributed by atoms with Gasteiger partial charge < -0.3 is 9.80 Å². The zero-order valence-electron chi connectivity index (χ0n) is 23.9. The van der Waals surface area contributed by atoms with Gasteiger partial charge in [0, 0.05) is 31.9 Å². The van der Waals surface area contributed by atoms with Crippen molar-refractivity contribution >= 4 is 59.5 Å². The molecule has 0 unspecified atom stereocenters. The number of rotatable bonds is 12. The third-order valence-corrected chi connectivity index (χ3v) is 9.40. The van der Waals surface area contributed by atoms with E-state index in [0.717, 1.165) is 44.8 Å². The highest BCUT2D eigenvalue weighted by atomic mass is 32.2. The lowest BCUT2D eigenvalue weighted by Crippen LogP contribution is -2.38. The third kappa shape index (κ3) is 6.15. The van der Waals surface area contributed by atoms with Crippen molar-refractivity contribution in [1.29, 1.82) is 0 Å². The molecule has 3 aromatic carbocycles. The minimum absolute atomic E-state index is 0.147. The number of hydroxylamine groups is 1. The van der Waals surface area contributed by atoms with Crippen LogP contribution in [0, 0.1) is 0 Å². The average Bonchev–Trinajstić information content (AvgIpc) is 3.37. The molecule has 5 rings (SSSR count). The van der Waals surface area contributed by atoms with Crippen LogP contribution >= 0.6 is 0 Å². The molecule has 11 nitrogen and oxygen atoms in total. The summed E-state index contributed by atoms with van der Waals surface area (Å²) in [4.78, 5) is 4.16. The summed E-state index contributed by atoms with van der Waals surface area (Å²) >= 11 is 0. The van der Waals surface area contributed by atoms with Gasteiger partial charge >= 0.3 is 0 Å². The second kappa shape index (κ2) is 12.0. The number of aryl methyl sites for hydroxylation is 2. The highest BCUT2D eigenvalue weighted by molar-refractivity contribution is 7.86. The van der Waals surface area contributed by atoms with E-state index in [4.69, 9.17) is 4.28 Å². The fourth-order valence-corrected chi connectivity index (χ4v) is 6.90. The Kier molecular flexibility index (Phi) is 8.58. The van der Waals surface area contributed by atoms with E-state index < -0.39 is 20.2 Å². The summed E-state index contributed by atoms with van der Waals surface area (Å²) in [5.41, 5.74) is 6.30. The molecule has 0 amide bonds. The maximum absolute atomic E-state index is 12.3. The van der Waals surface area contributed by atoms with Crippen LogP contribution < -0.4 is 19.8 Å². The number of imidazole rings is 1. The molecule has 2 heterocycles. The van der Waals surface area contributed by atoms with Gasteiger partial charge in [0.2, 0.25) is 0 Å². The van der Waals surface area contributed by atoms with Gasteiger partial charge in [-0.2, -0.15) is 26.6 Å². The molecule has 0 fully saturated rings. The van der Waals surface area contributed by atoms with Crippen molar-refractivity contribution in [3.8, 4) is 0 Å². The van der Waals surface area contributed by atoms with Gasteiger partial charge in [0.05, 0.1) is 42.5 Å². The predicted octanol–water partition coefficient (Wildman–Crippen LogP) is 3.41. The van der Waals surface area contributed by atoms with Gasteiger partial charge in [0.25, 0.3) is 26.1 Å². The van der Waals surface area contributed by atoms with Crippen LogP contribution in [0.15, 0.2) is 66.5 Å². The van der Waals surface area contributed by atoms with Crippen LogP contribution in [0.1, 0.15) is 25.6 Å². The van der Waals surface area contributed by atoms with Crippen LogP contribution in [-0.4, -0.2) is 57.6 Å². The standard InChI is InChI=1S/C29H35N5O6S2/c1-4-30-40-42(38,39)20-10-17-33-25-14-8-7-13-24(25)31(2)27(33)21-28-32(3)26-16-15-22-11-5-6-12-23(22)29(26)34(28)18-9-19-41(35,36)37/h5-8,11-16,21,30H,4,9-10,17-20H2,1-3H3/p+1. The van der Waals surface area contributed by atoms with Crippen molar-refractivity contribution in [2.75, 3.05) is 41.4 Å². The summed E-state index contributed by atoms with van der Waals surface area (Å²) < 4.78 is 66.2. The van der Waals surface area contributed by atoms with E-state index in [0.29, 0.717) is 26.1 Å². The normalized spacial score (nSPS) is 14.9. The first-order valence-electron chi connectivity index (χ1n) is 13.8. The van der Waals surface area contributed by atoms with Crippen LogP contribution in [0.4, 0.5) is 11.4 Å². The van der Waals surface area contributed by atoms with E-state index in [9.17, 15) is 21.4 Å². The van der Waals surface area contributed by atoms with Crippen molar-refractivity contribution in [3.63, 3.8) is 0 Å². The molecule has 0 radical (unpaired) electrons. The largest absolute Gasteiger partial charge is 0.329 e. The van der Waals surface area contributed by atoms with E-state index in [-0.39, 0.29) is 17.9 Å². The summed E-state index contributed by atoms with van der Waals surface area (Å²) in [5.74, 6) is 1.18. The highest BCUT2D eigenvalue weighted by Crippen LogP contribution is 2.41. The molecule has 42 heavy (non-hydrogen) atoms. The van der Waals surface area contributed by atoms with Crippen LogP contribution in [0.2, 0.25) is 0 Å². The lowest BCUT2D eigenvalue weighted by atomic mass is 10.1. The second-order valence-corrected chi connectivity index (χ2v) is 13.5. The Morgan fingerprint density at radius 3 is 2.38 bits per heavy atom. The zero-order chi connectivity index (χ0) is 30.1.